The molecule has 3 rings (SSSR count). The lowest BCUT2D eigenvalue weighted by atomic mass is 10.2. The minimum absolute atomic E-state index is 0.197. The number of nitrogens with one attached hydrogen (secondary N) is 2. The van der Waals surface area contributed by atoms with Crippen LogP contribution in [0.3, 0.4) is 0 Å². The standard InChI is InChI=1S/C17H24N4O2S/c1-12-10-21(11-13(2)23-12)9-5-8-18-16(22)20-17-19-14-6-3-4-7-15(14)24-17/h3-4,6-7,12-13H,5,8-11H2,1-2H3,(H2,18,19,20,22). The predicted octanol–water partition coefficient (Wildman–Crippen LogP) is 2.92. The molecule has 6 nitrogen and oxygen atoms in total. The first-order valence-electron chi connectivity index (χ1n) is 8.38. The summed E-state index contributed by atoms with van der Waals surface area (Å²) >= 11 is 1.48. The van der Waals surface area contributed by atoms with Crippen molar-refractivity contribution in [3.8, 4) is 0 Å². The second kappa shape index (κ2) is 7.92. The van der Waals surface area contributed by atoms with Crippen molar-refractivity contribution in [3.63, 3.8) is 0 Å². The topological polar surface area (TPSA) is 66.5 Å². The van der Waals surface area contributed by atoms with Gasteiger partial charge in [0.25, 0.3) is 0 Å². The predicted molar refractivity (Wildman–Crippen MR) is 97.7 cm³/mol. The summed E-state index contributed by atoms with van der Waals surface area (Å²) in [6.07, 6.45) is 1.49. The van der Waals surface area contributed by atoms with Gasteiger partial charge in [-0.05, 0) is 32.4 Å². The highest BCUT2D eigenvalue weighted by Gasteiger charge is 2.21. The fourth-order valence-electron chi connectivity index (χ4n) is 3.04. The number of anilines is 1. The largest absolute Gasteiger partial charge is 0.373 e. The molecule has 1 aliphatic heterocycles. The summed E-state index contributed by atoms with van der Waals surface area (Å²) in [7, 11) is 0. The first-order valence-corrected chi connectivity index (χ1v) is 9.20. The summed E-state index contributed by atoms with van der Waals surface area (Å²) in [5, 5.41) is 6.33. The highest BCUT2D eigenvalue weighted by Crippen LogP contribution is 2.25. The number of urea groups is 1. The number of para-hydroxylation sites is 1. The Balaban J connectivity index is 1.38. The third-order valence-corrected chi connectivity index (χ3v) is 4.90. The van der Waals surface area contributed by atoms with Gasteiger partial charge < -0.3 is 10.1 Å². The quantitative estimate of drug-likeness (QED) is 0.816. The Hall–Kier alpha value is -1.70. The Bertz CT molecular complexity index is 647. The number of fused-ring (bicyclic) bond motifs is 1. The number of benzene rings is 1. The Morgan fingerprint density at radius 1 is 1.33 bits per heavy atom. The van der Waals surface area contributed by atoms with Crippen LogP contribution in [0.5, 0.6) is 0 Å². The minimum atomic E-state index is -0.197. The van der Waals surface area contributed by atoms with Crippen LogP contribution in [0, 0.1) is 0 Å². The number of amides is 2. The second-order valence-electron chi connectivity index (χ2n) is 6.24. The second-order valence-corrected chi connectivity index (χ2v) is 7.27. The van der Waals surface area contributed by atoms with E-state index in [9.17, 15) is 4.79 Å². The molecule has 1 aromatic carbocycles. The molecule has 0 saturated carbocycles. The molecule has 1 saturated heterocycles. The van der Waals surface area contributed by atoms with Crippen molar-refractivity contribution in [2.75, 3.05) is 31.5 Å². The summed E-state index contributed by atoms with van der Waals surface area (Å²) in [4.78, 5) is 18.7. The van der Waals surface area contributed by atoms with Crippen molar-refractivity contribution in [2.45, 2.75) is 32.5 Å². The number of ether oxygens (including phenoxy) is 1. The number of nitrogens with zero attached hydrogens (tertiary/aromatic N) is 2. The number of aromatic nitrogens is 1. The maximum Gasteiger partial charge on any atom is 0.321 e. The summed E-state index contributed by atoms with van der Waals surface area (Å²) in [5.41, 5.74) is 0.911. The summed E-state index contributed by atoms with van der Waals surface area (Å²) in [6, 6.07) is 7.66. The molecule has 7 heteroatoms. The summed E-state index contributed by atoms with van der Waals surface area (Å²) in [5.74, 6) is 0. The van der Waals surface area contributed by atoms with Crippen molar-refractivity contribution in [2.24, 2.45) is 0 Å². The monoisotopic (exact) mass is 348 g/mol. The first kappa shape index (κ1) is 17.1. The number of rotatable bonds is 5. The van der Waals surface area contributed by atoms with Gasteiger partial charge in [0.15, 0.2) is 5.13 Å². The van der Waals surface area contributed by atoms with E-state index in [-0.39, 0.29) is 18.2 Å². The van der Waals surface area contributed by atoms with Crippen LogP contribution >= 0.6 is 11.3 Å². The van der Waals surface area contributed by atoms with Gasteiger partial charge in [0.05, 0.1) is 22.4 Å². The van der Waals surface area contributed by atoms with E-state index in [1.165, 1.54) is 11.3 Å². The van der Waals surface area contributed by atoms with Crippen LogP contribution in [0.4, 0.5) is 9.93 Å². The lowest BCUT2D eigenvalue weighted by molar-refractivity contribution is -0.0679. The van der Waals surface area contributed by atoms with E-state index in [4.69, 9.17) is 4.74 Å². The Morgan fingerprint density at radius 3 is 2.83 bits per heavy atom. The van der Waals surface area contributed by atoms with Gasteiger partial charge in [-0.2, -0.15) is 0 Å². The molecular weight excluding hydrogens is 324 g/mol. The van der Waals surface area contributed by atoms with Crippen molar-refractivity contribution in [1.29, 1.82) is 0 Å². The lowest BCUT2D eigenvalue weighted by Gasteiger charge is -2.35. The SMILES string of the molecule is CC1CN(CCCNC(=O)Nc2nc3ccccc3s2)CC(C)O1. The van der Waals surface area contributed by atoms with Crippen LogP contribution in [0.1, 0.15) is 20.3 Å². The average molecular weight is 348 g/mol. The van der Waals surface area contributed by atoms with Crippen molar-refractivity contribution in [3.05, 3.63) is 24.3 Å². The van der Waals surface area contributed by atoms with E-state index in [2.05, 4.69) is 34.4 Å². The molecule has 2 unspecified atom stereocenters. The normalized spacial score (nSPS) is 21.8. The van der Waals surface area contributed by atoms with E-state index in [0.29, 0.717) is 11.7 Å². The summed E-state index contributed by atoms with van der Waals surface area (Å²) < 4.78 is 6.80. The third kappa shape index (κ3) is 4.66. The fraction of sp³-hybridized carbons (Fsp3) is 0.529. The van der Waals surface area contributed by atoms with E-state index >= 15 is 0 Å². The number of hydrogen-bond donors (Lipinski definition) is 2. The minimum Gasteiger partial charge on any atom is -0.373 e. The number of thiazole rings is 1. The van der Waals surface area contributed by atoms with Crippen LogP contribution in [-0.2, 0) is 4.74 Å². The molecule has 24 heavy (non-hydrogen) atoms. The third-order valence-electron chi connectivity index (χ3n) is 3.95. The summed E-state index contributed by atoms with van der Waals surface area (Å²) in [6.45, 7) is 7.75. The van der Waals surface area contributed by atoms with Crippen LogP contribution < -0.4 is 10.6 Å². The molecule has 1 aromatic heterocycles. The highest BCUT2D eigenvalue weighted by molar-refractivity contribution is 7.22. The zero-order valence-electron chi connectivity index (χ0n) is 14.1. The van der Waals surface area contributed by atoms with Gasteiger partial charge in [-0.25, -0.2) is 9.78 Å². The Morgan fingerprint density at radius 2 is 2.08 bits per heavy atom. The molecule has 130 valence electrons. The molecule has 0 aliphatic carbocycles. The molecule has 2 aromatic rings. The number of morpholine rings is 1. The van der Waals surface area contributed by atoms with Crippen molar-refractivity contribution < 1.29 is 9.53 Å². The zero-order valence-corrected chi connectivity index (χ0v) is 14.9. The molecule has 1 fully saturated rings. The van der Waals surface area contributed by atoms with Gasteiger partial charge in [-0.1, -0.05) is 23.5 Å². The number of carbonyl (C=O) groups is 1. The molecular formula is C17H24N4O2S. The Labute approximate surface area is 146 Å². The van der Waals surface area contributed by atoms with Crippen molar-refractivity contribution >= 4 is 32.7 Å². The highest BCUT2D eigenvalue weighted by atomic mass is 32.1. The van der Waals surface area contributed by atoms with Gasteiger partial charge in [0, 0.05) is 26.2 Å². The van der Waals surface area contributed by atoms with Gasteiger partial charge in [0.2, 0.25) is 0 Å². The number of carbonyl (C=O) groups excluding carboxylic acids is 1. The van der Waals surface area contributed by atoms with Crippen LogP contribution in [-0.4, -0.2) is 54.3 Å². The zero-order chi connectivity index (χ0) is 16.9. The van der Waals surface area contributed by atoms with Crippen LogP contribution in [0.15, 0.2) is 24.3 Å². The molecule has 1 aliphatic rings. The van der Waals surface area contributed by atoms with Gasteiger partial charge in [-0.3, -0.25) is 10.2 Å². The lowest BCUT2D eigenvalue weighted by Crippen LogP contribution is -2.46. The van der Waals surface area contributed by atoms with E-state index < -0.39 is 0 Å². The molecule has 0 spiro atoms. The molecule has 2 N–H and O–H groups in total. The maximum atomic E-state index is 12.0. The Kier molecular flexibility index (Phi) is 5.65. The van der Waals surface area contributed by atoms with E-state index in [1.807, 2.05) is 24.3 Å². The van der Waals surface area contributed by atoms with Crippen molar-refractivity contribution in [1.82, 2.24) is 15.2 Å². The van der Waals surface area contributed by atoms with Crippen LogP contribution in [0.2, 0.25) is 0 Å². The van der Waals surface area contributed by atoms with Gasteiger partial charge in [0.1, 0.15) is 0 Å². The fourth-order valence-corrected chi connectivity index (χ4v) is 3.90. The van der Waals surface area contributed by atoms with E-state index in [0.717, 1.165) is 36.3 Å². The number of hydrogen-bond acceptors (Lipinski definition) is 5. The van der Waals surface area contributed by atoms with Gasteiger partial charge in [-0.15, -0.1) is 0 Å². The molecule has 2 heterocycles. The molecule has 2 amide bonds. The molecule has 0 bridgehead atoms. The maximum absolute atomic E-state index is 12.0. The van der Waals surface area contributed by atoms with E-state index in [1.54, 1.807) is 0 Å². The molecule has 2 atom stereocenters. The van der Waals surface area contributed by atoms with Gasteiger partial charge >= 0.3 is 6.03 Å². The smallest absolute Gasteiger partial charge is 0.321 e. The van der Waals surface area contributed by atoms with Crippen LogP contribution in [0.25, 0.3) is 10.2 Å². The first-order chi connectivity index (χ1) is 11.6. The average Bonchev–Trinajstić information content (AvgIpc) is 2.92. The molecule has 0 radical (unpaired) electrons.